The molecule has 0 aliphatic heterocycles. The van der Waals surface area contributed by atoms with Gasteiger partial charge in [-0.3, -0.25) is 0 Å². The average Bonchev–Trinajstić information content (AvgIpc) is 1.63. The number of carbonyl (C=O) groups is 2. The van der Waals surface area contributed by atoms with Crippen molar-refractivity contribution in [3.63, 3.8) is 0 Å². The molecule has 0 rings (SSSR count). The standard InChI is InChI=1S/C4H8O2.C2H4O2.2Na/c1-3(2)4(5)6;1-2(3)4;;/h3H,1-2H3,(H,5,6);1H3,(H,3,4);;/q;;2*+1/p-2. The number of carboxylic acid groups (broad SMARTS) is 2. The zero-order chi connectivity index (χ0) is 8.73. The van der Waals surface area contributed by atoms with Gasteiger partial charge in [0.2, 0.25) is 0 Å². The summed E-state index contributed by atoms with van der Waals surface area (Å²) >= 11 is 0. The summed E-state index contributed by atoms with van der Waals surface area (Å²) in [4.78, 5) is 18.5. The second kappa shape index (κ2) is 14.5. The molecule has 6 heteroatoms. The van der Waals surface area contributed by atoms with Crippen molar-refractivity contribution in [1.82, 2.24) is 0 Å². The molecule has 0 saturated heterocycles. The van der Waals surface area contributed by atoms with Gasteiger partial charge in [0, 0.05) is 11.9 Å². The molecule has 0 aliphatic rings. The molecule has 0 amide bonds. The van der Waals surface area contributed by atoms with Gasteiger partial charge < -0.3 is 19.8 Å². The predicted octanol–water partition coefficient (Wildman–Crippen LogP) is -7.84. The Kier molecular flexibility index (Phi) is 27.8. The molecule has 12 heavy (non-hydrogen) atoms. The molecule has 0 heterocycles. The topological polar surface area (TPSA) is 80.3 Å². The van der Waals surface area contributed by atoms with Crippen molar-refractivity contribution >= 4 is 11.9 Å². The van der Waals surface area contributed by atoms with E-state index in [0.29, 0.717) is 0 Å². The zero-order valence-corrected chi connectivity index (χ0v) is 12.2. The molecule has 0 fully saturated rings. The average molecular weight is 192 g/mol. The quantitative estimate of drug-likeness (QED) is 0.386. The summed E-state index contributed by atoms with van der Waals surface area (Å²) in [5.74, 6) is -2.42. The number of rotatable bonds is 1. The molecule has 0 unspecified atom stereocenters. The first-order chi connectivity index (χ1) is 4.37. The van der Waals surface area contributed by atoms with Gasteiger partial charge >= 0.3 is 59.1 Å². The normalized spacial score (nSPS) is 6.67. The maximum absolute atomic E-state index is 9.59. The van der Waals surface area contributed by atoms with Gasteiger partial charge in [-0.1, -0.05) is 13.8 Å². The van der Waals surface area contributed by atoms with Gasteiger partial charge in [0.05, 0.1) is 0 Å². The van der Waals surface area contributed by atoms with Crippen molar-refractivity contribution in [2.24, 2.45) is 5.92 Å². The van der Waals surface area contributed by atoms with E-state index in [2.05, 4.69) is 0 Å². The zero-order valence-electron chi connectivity index (χ0n) is 8.21. The molecule has 0 spiro atoms. The van der Waals surface area contributed by atoms with Crippen molar-refractivity contribution in [3.05, 3.63) is 0 Å². The van der Waals surface area contributed by atoms with Crippen molar-refractivity contribution in [1.29, 1.82) is 0 Å². The largest absolute Gasteiger partial charge is 1.00 e. The van der Waals surface area contributed by atoms with Crippen LogP contribution in [0.3, 0.4) is 0 Å². The van der Waals surface area contributed by atoms with Gasteiger partial charge in [-0.2, -0.15) is 0 Å². The third-order valence-corrected chi connectivity index (χ3v) is 0.471. The smallest absolute Gasteiger partial charge is 0.550 e. The van der Waals surface area contributed by atoms with E-state index in [1.165, 1.54) is 0 Å². The molecule has 0 aliphatic carbocycles. The summed E-state index contributed by atoms with van der Waals surface area (Å²) in [6.45, 7) is 4.13. The number of carboxylic acids is 2. The summed E-state index contributed by atoms with van der Waals surface area (Å²) in [7, 11) is 0. The fourth-order valence-electron chi connectivity index (χ4n) is 0. The molecule has 60 valence electrons. The summed E-state index contributed by atoms with van der Waals surface area (Å²) in [6.07, 6.45) is 0. The molecule has 0 aromatic rings. The number of carbonyl (C=O) groups excluding carboxylic acids is 2. The van der Waals surface area contributed by atoms with Gasteiger partial charge in [-0.05, 0) is 12.8 Å². The summed E-state index contributed by atoms with van der Waals surface area (Å²) < 4.78 is 0. The van der Waals surface area contributed by atoms with E-state index in [1.54, 1.807) is 13.8 Å². The summed E-state index contributed by atoms with van der Waals surface area (Å²) in [5.41, 5.74) is 0. The van der Waals surface area contributed by atoms with Crippen LogP contribution in [-0.2, 0) is 9.59 Å². The Balaban J connectivity index is -0.0000000483. The maximum Gasteiger partial charge on any atom is 1.00 e. The molecule has 4 nitrogen and oxygen atoms in total. The van der Waals surface area contributed by atoms with Gasteiger partial charge in [0.1, 0.15) is 0 Å². The Morgan fingerprint density at radius 1 is 1.08 bits per heavy atom. The monoisotopic (exact) mass is 192 g/mol. The fourth-order valence-corrected chi connectivity index (χ4v) is 0. The van der Waals surface area contributed by atoms with Crippen molar-refractivity contribution in [3.8, 4) is 0 Å². The van der Waals surface area contributed by atoms with Crippen LogP contribution >= 0.6 is 0 Å². The molecule has 0 aromatic carbocycles. The van der Waals surface area contributed by atoms with Crippen LogP contribution in [0.15, 0.2) is 0 Å². The van der Waals surface area contributed by atoms with Gasteiger partial charge in [0.15, 0.2) is 0 Å². The molecule has 0 aromatic heterocycles. The van der Waals surface area contributed by atoms with E-state index in [4.69, 9.17) is 9.90 Å². The minimum Gasteiger partial charge on any atom is -0.550 e. The Morgan fingerprint density at radius 2 is 1.17 bits per heavy atom. The second-order valence-electron chi connectivity index (χ2n) is 1.97. The SMILES string of the molecule is CC(=O)[O-].CC(C)C(=O)[O-].[Na+].[Na+]. The number of hydrogen-bond acceptors (Lipinski definition) is 4. The van der Waals surface area contributed by atoms with Crippen LogP contribution < -0.4 is 69.3 Å². The molecular formula is C6H10Na2O4. The van der Waals surface area contributed by atoms with Gasteiger partial charge in [-0.15, -0.1) is 0 Å². The fraction of sp³-hybridized carbons (Fsp3) is 0.667. The van der Waals surface area contributed by atoms with Crippen molar-refractivity contribution in [2.75, 3.05) is 0 Å². The van der Waals surface area contributed by atoms with Crippen LogP contribution in [0.4, 0.5) is 0 Å². The van der Waals surface area contributed by atoms with Gasteiger partial charge in [0.25, 0.3) is 0 Å². The first kappa shape index (κ1) is 23.1. The van der Waals surface area contributed by atoms with E-state index in [0.717, 1.165) is 6.92 Å². The first-order valence-corrected chi connectivity index (χ1v) is 2.76. The second-order valence-corrected chi connectivity index (χ2v) is 1.97. The van der Waals surface area contributed by atoms with Crippen LogP contribution in [0.5, 0.6) is 0 Å². The number of aliphatic carboxylic acids is 2. The molecule has 0 N–H and O–H groups in total. The Bertz CT molecular complexity index is 121. The third-order valence-electron chi connectivity index (χ3n) is 0.471. The molecule has 0 saturated carbocycles. The van der Waals surface area contributed by atoms with Crippen LogP contribution in [0.25, 0.3) is 0 Å². The van der Waals surface area contributed by atoms with Crippen LogP contribution in [0.2, 0.25) is 0 Å². The Labute approximate surface area is 116 Å². The van der Waals surface area contributed by atoms with Crippen molar-refractivity contribution < 1.29 is 78.9 Å². The van der Waals surface area contributed by atoms with Crippen molar-refractivity contribution in [2.45, 2.75) is 20.8 Å². The third kappa shape index (κ3) is 44.3. The number of hydrogen-bond donors (Lipinski definition) is 0. The minimum absolute atomic E-state index is 0. The Morgan fingerprint density at radius 3 is 1.17 bits per heavy atom. The van der Waals surface area contributed by atoms with Crippen LogP contribution in [-0.4, -0.2) is 11.9 Å². The Hall–Kier alpha value is 0.940. The predicted molar refractivity (Wildman–Crippen MR) is 30.5 cm³/mol. The van der Waals surface area contributed by atoms with E-state index >= 15 is 0 Å². The molecule has 0 radical (unpaired) electrons. The van der Waals surface area contributed by atoms with E-state index in [9.17, 15) is 9.90 Å². The van der Waals surface area contributed by atoms with Gasteiger partial charge in [-0.25, -0.2) is 0 Å². The minimum atomic E-state index is -1.08. The first-order valence-electron chi connectivity index (χ1n) is 2.76. The molecule has 0 atom stereocenters. The summed E-state index contributed by atoms with van der Waals surface area (Å²) in [5, 5.41) is 18.5. The molecule has 0 bridgehead atoms. The maximum atomic E-state index is 9.59. The van der Waals surface area contributed by atoms with E-state index in [-0.39, 0.29) is 65.0 Å². The van der Waals surface area contributed by atoms with Crippen LogP contribution in [0, 0.1) is 5.92 Å². The van der Waals surface area contributed by atoms with E-state index in [1.807, 2.05) is 0 Å². The molecular weight excluding hydrogens is 182 g/mol. The van der Waals surface area contributed by atoms with Crippen LogP contribution in [0.1, 0.15) is 20.8 Å². The summed E-state index contributed by atoms with van der Waals surface area (Å²) in [6, 6.07) is 0. The van der Waals surface area contributed by atoms with E-state index < -0.39 is 11.9 Å².